The van der Waals surface area contributed by atoms with Crippen molar-refractivity contribution in [2.75, 3.05) is 31.1 Å². The third-order valence-electron chi connectivity index (χ3n) is 5.83. The minimum atomic E-state index is -1.03. The summed E-state index contributed by atoms with van der Waals surface area (Å²) in [5.41, 5.74) is 0.430. The van der Waals surface area contributed by atoms with Crippen LogP contribution in [0.25, 0.3) is 5.69 Å². The lowest BCUT2D eigenvalue weighted by atomic mass is 10.2. The molecular weight excluding hydrogens is 455 g/mol. The summed E-state index contributed by atoms with van der Waals surface area (Å²) >= 11 is 4.96. The summed E-state index contributed by atoms with van der Waals surface area (Å²) < 4.78 is 35.6. The van der Waals surface area contributed by atoms with Gasteiger partial charge < -0.3 is 14.2 Å². The lowest BCUT2D eigenvalue weighted by molar-refractivity contribution is 0.205. The number of halogens is 2. The van der Waals surface area contributed by atoms with Gasteiger partial charge in [0.2, 0.25) is 5.75 Å². The van der Waals surface area contributed by atoms with Crippen molar-refractivity contribution in [3.8, 4) is 11.4 Å². The summed E-state index contributed by atoms with van der Waals surface area (Å²) in [6, 6.07) is 3.90. The highest BCUT2D eigenvalue weighted by Gasteiger charge is 2.31. The highest BCUT2D eigenvalue weighted by Crippen LogP contribution is 2.30. The summed E-state index contributed by atoms with van der Waals surface area (Å²) in [7, 11) is 0. The SMILES string of the molecule is CC(C)[S+]([O-])N1CCN(c2cnn(-c3cc(F)cc(Cl)c3)c(=O)c2OC2CCCC2)CC1. The molecule has 1 unspecified atom stereocenters. The molecule has 2 fully saturated rings. The molecule has 1 saturated heterocycles. The molecule has 0 amide bonds. The van der Waals surface area contributed by atoms with Crippen molar-refractivity contribution in [2.45, 2.75) is 50.9 Å². The molecule has 2 aromatic rings. The van der Waals surface area contributed by atoms with Crippen molar-refractivity contribution in [1.82, 2.24) is 14.1 Å². The zero-order valence-corrected chi connectivity index (χ0v) is 19.9. The van der Waals surface area contributed by atoms with Gasteiger partial charge in [0, 0.05) is 29.5 Å². The first kappa shape index (κ1) is 23.4. The van der Waals surface area contributed by atoms with Gasteiger partial charge in [-0.2, -0.15) is 9.78 Å². The topological polar surface area (TPSA) is 73.7 Å². The van der Waals surface area contributed by atoms with Gasteiger partial charge >= 0.3 is 5.56 Å². The van der Waals surface area contributed by atoms with E-state index >= 15 is 0 Å². The van der Waals surface area contributed by atoms with Crippen LogP contribution < -0.4 is 15.2 Å². The fraction of sp³-hybridized carbons (Fsp3) is 0.545. The monoisotopic (exact) mass is 482 g/mol. The molecule has 32 heavy (non-hydrogen) atoms. The van der Waals surface area contributed by atoms with E-state index in [-0.39, 0.29) is 27.8 Å². The van der Waals surface area contributed by atoms with E-state index < -0.39 is 22.7 Å². The molecule has 0 spiro atoms. The number of nitrogens with zero attached hydrogens (tertiary/aromatic N) is 4. The van der Waals surface area contributed by atoms with E-state index in [4.69, 9.17) is 16.3 Å². The first-order chi connectivity index (χ1) is 15.3. The lowest BCUT2D eigenvalue weighted by Gasteiger charge is -2.37. The fourth-order valence-corrected chi connectivity index (χ4v) is 5.53. The third kappa shape index (κ3) is 5.06. The van der Waals surface area contributed by atoms with Crippen molar-refractivity contribution in [3.05, 3.63) is 45.6 Å². The normalized spacial score (nSPS) is 19.0. The van der Waals surface area contributed by atoms with Crippen LogP contribution in [0.2, 0.25) is 5.02 Å². The summed E-state index contributed by atoms with van der Waals surface area (Å²) in [5.74, 6) is -0.316. The van der Waals surface area contributed by atoms with Gasteiger partial charge in [-0.05, 0) is 57.7 Å². The molecule has 174 valence electrons. The lowest BCUT2D eigenvalue weighted by Crippen LogP contribution is -2.50. The van der Waals surface area contributed by atoms with Crippen molar-refractivity contribution in [2.24, 2.45) is 0 Å². The molecule has 1 atom stereocenters. The van der Waals surface area contributed by atoms with Crippen LogP contribution in [0.15, 0.2) is 29.2 Å². The number of aromatic nitrogens is 2. The Hall–Kier alpha value is -1.81. The van der Waals surface area contributed by atoms with E-state index in [1.165, 1.54) is 18.2 Å². The maximum Gasteiger partial charge on any atom is 0.316 e. The standard InChI is InChI=1S/C22H28ClFN4O3S/c1-15(2)32(30)27-9-7-26(8-10-27)20-14-25-28(18-12-16(23)11-17(24)13-18)22(29)21(20)31-19-5-3-4-6-19/h11-15,19H,3-10H2,1-2H3. The first-order valence-electron chi connectivity index (χ1n) is 11.0. The van der Waals surface area contributed by atoms with Gasteiger partial charge in [0.25, 0.3) is 0 Å². The van der Waals surface area contributed by atoms with Crippen molar-refractivity contribution in [3.63, 3.8) is 0 Å². The fourth-order valence-electron chi connectivity index (χ4n) is 4.19. The molecule has 1 aliphatic carbocycles. The van der Waals surface area contributed by atoms with Gasteiger partial charge in [-0.1, -0.05) is 11.6 Å². The van der Waals surface area contributed by atoms with Crippen LogP contribution in [0, 0.1) is 5.82 Å². The molecule has 0 N–H and O–H groups in total. The van der Waals surface area contributed by atoms with Crippen LogP contribution >= 0.6 is 11.6 Å². The van der Waals surface area contributed by atoms with Crippen molar-refractivity contribution < 1.29 is 13.7 Å². The Morgan fingerprint density at radius 2 is 1.88 bits per heavy atom. The van der Waals surface area contributed by atoms with Crippen molar-refractivity contribution in [1.29, 1.82) is 0 Å². The molecule has 7 nitrogen and oxygen atoms in total. The predicted octanol–water partition coefficient (Wildman–Crippen LogP) is 3.54. The smallest absolute Gasteiger partial charge is 0.316 e. The van der Waals surface area contributed by atoms with Crippen LogP contribution in [-0.2, 0) is 11.4 Å². The number of anilines is 1. The second-order valence-electron chi connectivity index (χ2n) is 8.47. The Kier molecular flexibility index (Phi) is 7.29. The highest BCUT2D eigenvalue weighted by atomic mass is 35.5. The number of hydrogen-bond acceptors (Lipinski definition) is 6. The van der Waals surface area contributed by atoms with Crippen molar-refractivity contribution >= 4 is 28.7 Å². The Morgan fingerprint density at radius 3 is 2.50 bits per heavy atom. The second kappa shape index (κ2) is 9.99. The summed E-state index contributed by atoms with van der Waals surface area (Å²) in [5, 5.41) is 4.55. The Bertz CT molecular complexity index is 987. The van der Waals surface area contributed by atoms with E-state index in [1.54, 1.807) is 6.20 Å². The molecule has 1 aromatic carbocycles. The molecule has 1 aromatic heterocycles. The van der Waals surface area contributed by atoms with Crippen LogP contribution in [-0.4, -0.2) is 56.2 Å². The van der Waals surface area contributed by atoms with Crippen LogP contribution in [0.3, 0.4) is 0 Å². The molecule has 1 saturated carbocycles. The predicted molar refractivity (Wildman–Crippen MR) is 125 cm³/mol. The van der Waals surface area contributed by atoms with E-state index in [9.17, 15) is 13.7 Å². The maximum atomic E-state index is 13.9. The summed E-state index contributed by atoms with van der Waals surface area (Å²) in [6.07, 6.45) is 5.50. The van der Waals surface area contributed by atoms with Gasteiger partial charge in [0.1, 0.15) is 16.8 Å². The zero-order valence-electron chi connectivity index (χ0n) is 18.3. The van der Waals surface area contributed by atoms with Crippen LogP contribution in [0.5, 0.6) is 5.75 Å². The number of rotatable bonds is 6. The zero-order chi connectivity index (χ0) is 22.8. The third-order valence-corrected chi connectivity index (χ3v) is 7.73. The number of hydrogen-bond donors (Lipinski definition) is 0. The Morgan fingerprint density at radius 1 is 1.19 bits per heavy atom. The Labute approximate surface area is 195 Å². The number of piperazine rings is 1. The minimum absolute atomic E-state index is 0.0249. The molecule has 4 rings (SSSR count). The van der Waals surface area contributed by atoms with Crippen LogP contribution in [0.1, 0.15) is 39.5 Å². The number of ether oxygens (including phenoxy) is 1. The van der Waals surface area contributed by atoms with Crippen LogP contribution in [0.4, 0.5) is 10.1 Å². The van der Waals surface area contributed by atoms with E-state index in [0.29, 0.717) is 31.9 Å². The average Bonchev–Trinajstić information content (AvgIpc) is 3.27. The molecule has 10 heteroatoms. The largest absolute Gasteiger partial charge is 0.598 e. The maximum absolute atomic E-state index is 13.9. The molecule has 2 aliphatic rings. The minimum Gasteiger partial charge on any atom is -0.598 e. The summed E-state index contributed by atoms with van der Waals surface area (Å²) in [6.45, 7) is 6.34. The molecule has 1 aliphatic heterocycles. The van der Waals surface area contributed by atoms with Gasteiger partial charge in [-0.15, -0.1) is 4.31 Å². The molecule has 0 bridgehead atoms. The number of benzene rings is 1. The van der Waals surface area contributed by atoms with Gasteiger partial charge in [0.15, 0.2) is 0 Å². The molecular formula is C22H28ClFN4O3S. The molecule has 0 radical (unpaired) electrons. The van der Waals surface area contributed by atoms with E-state index in [0.717, 1.165) is 30.4 Å². The van der Waals surface area contributed by atoms with Gasteiger partial charge in [0.05, 0.1) is 31.1 Å². The average molecular weight is 483 g/mol. The van der Waals surface area contributed by atoms with E-state index in [1.807, 2.05) is 18.2 Å². The van der Waals surface area contributed by atoms with Gasteiger partial charge in [-0.25, -0.2) is 4.39 Å². The highest BCUT2D eigenvalue weighted by molar-refractivity contribution is 7.89. The Balaban J connectivity index is 1.66. The summed E-state index contributed by atoms with van der Waals surface area (Å²) in [4.78, 5) is 15.5. The quantitative estimate of drug-likeness (QED) is 0.586. The molecule has 2 heterocycles. The first-order valence-corrected chi connectivity index (χ1v) is 12.5. The second-order valence-corrected chi connectivity index (χ2v) is 10.9. The van der Waals surface area contributed by atoms with Gasteiger partial charge in [-0.3, -0.25) is 4.79 Å². The van der Waals surface area contributed by atoms with E-state index in [2.05, 4.69) is 10.00 Å².